The highest BCUT2D eigenvalue weighted by Gasteiger charge is 2.48. The van der Waals surface area contributed by atoms with Gasteiger partial charge in [0.15, 0.2) is 0 Å². The van der Waals surface area contributed by atoms with Gasteiger partial charge in [-0.25, -0.2) is 9.18 Å². The van der Waals surface area contributed by atoms with Gasteiger partial charge in [-0.3, -0.25) is 14.5 Å². The molecule has 2 N–H and O–H groups in total. The largest absolute Gasteiger partial charge is 0.444 e. The van der Waals surface area contributed by atoms with Crippen LogP contribution in [0.4, 0.5) is 22.4 Å². The topological polar surface area (TPSA) is 96.2 Å². The van der Waals surface area contributed by atoms with Gasteiger partial charge in [-0.05, 0) is 55.1 Å². The minimum Gasteiger partial charge on any atom is -0.444 e. The lowest BCUT2D eigenvalue weighted by atomic mass is 9.98. The third-order valence-electron chi connectivity index (χ3n) is 6.88. The number of carbonyl (C=O) groups is 3. The van der Waals surface area contributed by atoms with E-state index in [1.165, 1.54) is 9.80 Å². The number of amides is 3. The van der Waals surface area contributed by atoms with E-state index in [0.717, 1.165) is 17.7 Å². The molecule has 4 rings (SSSR count). The van der Waals surface area contributed by atoms with E-state index in [9.17, 15) is 31.9 Å². The van der Waals surface area contributed by atoms with Crippen LogP contribution in [-0.4, -0.2) is 64.4 Å². The Labute approximate surface area is 223 Å². The number of unbranched alkanes of at least 4 members (excludes halogenated alkanes) is 1. The summed E-state index contributed by atoms with van der Waals surface area (Å²) in [4.78, 5) is 44.0. The van der Waals surface area contributed by atoms with Gasteiger partial charge in [-0.1, -0.05) is 30.3 Å². The van der Waals surface area contributed by atoms with Gasteiger partial charge < -0.3 is 20.3 Å². The molecule has 0 radical (unpaired) electrons. The number of carbonyl (C=O) groups excluding carboxylic acids is 3. The van der Waals surface area contributed by atoms with Crippen molar-refractivity contribution in [3.05, 3.63) is 71.0 Å². The van der Waals surface area contributed by atoms with E-state index < -0.39 is 42.5 Å². The fourth-order valence-electron chi connectivity index (χ4n) is 5.02. The summed E-state index contributed by atoms with van der Waals surface area (Å²) in [7, 11) is 0. The number of benzene rings is 2. The number of alkyl halides is 3. The maximum absolute atomic E-state index is 13.8. The molecule has 2 heterocycles. The van der Waals surface area contributed by atoms with Crippen LogP contribution >= 0.6 is 0 Å². The normalized spacial score (nSPS) is 19.8. The molecule has 12 heteroatoms. The molecule has 0 aliphatic carbocycles. The smallest absolute Gasteiger partial charge is 0.416 e. The fourth-order valence-corrected chi connectivity index (χ4v) is 5.02. The molecule has 2 aliphatic rings. The Balaban J connectivity index is 1.55. The summed E-state index contributed by atoms with van der Waals surface area (Å²) in [6.07, 6.45) is -4.85. The van der Waals surface area contributed by atoms with Crippen LogP contribution in [0.1, 0.15) is 42.4 Å². The minimum absolute atomic E-state index is 0.0126. The number of fused-ring (bicyclic) bond motifs is 1. The minimum atomic E-state index is -4.76. The SMILES string of the molecule is NCCCC[C@H]1C(=O)N(Cc2ccccc2)C[C@@H]2N(C(=O)OCc3cc(F)cc(C(F)(F)F)c3)CCC(=O)N21. The zero-order valence-corrected chi connectivity index (χ0v) is 21.2. The number of nitrogens with zero attached hydrogens (tertiary/aromatic N) is 3. The second-order valence-corrected chi connectivity index (χ2v) is 9.63. The van der Waals surface area contributed by atoms with Crippen LogP contribution in [0, 0.1) is 5.82 Å². The third-order valence-corrected chi connectivity index (χ3v) is 6.88. The van der Waals surface area contributed by atoms with Crippen LogP contribution < -0.4 is 5.73 Å². The lowest BCUT2D eigenvalue weighted by molar-refractivity contribution is -0.169. The number of hydrogen-bond acceptors (Lipinski definition) is 5. The highest BCUT2D eigenvalue weighted by molar-refractivity contribution is 5.90. The molecule has 0 saturated carbocycles. The Bertz CT molecular complexity index is 1190. The molecule has 8 nitrogen and oxygen atoms in total. The first-order valence-electron chi connectivity index (χ1n) is 12.7. The van der Waals surface area contributed by atoms with Crippen LogP contribution in [0.15, 0.2) is 48.5 Å². The van der Waals surface area contributed by atoms with E-state index in [-0.39, 0.29) is 43.4 Å². The summed E-state index contributed by atoms with van der Waals surface area (Å²) in [6, 6.07) is 10.4. The van der Waals surface area contributed by atoms with Gasteiger partial charge in [-0.15, -0.1) is 0 Å². The maximum Gasteiger partial charge on any atom is 0.416 e. The number of nitrogens with two attached hydrogens (primary N) is 1. The summed E-state index contributed by atoms with van der Waals surface area (Å²) in [5, 5.41) is 0. The highest BCUT2D eigenvalue weighted by atomic mass is 19.4. The monoisotopic (exact) mass is 550 g/mol. The van der Waals surface area contributed by atoms with Crippen molar-refractivity contribution in [3.8, 4) is 0 Å². The van der Waals surface area contributed by atoms with Crippen LogP contribution in [0.2, 0.25) is 0 Å². The second-order valence-electron chi connectivity index (χ2n) is 9.63. The molecule has 210 valence electrons. The molecular weight excluding hydrogens is 520 g/mol. The van der Waals surface area contributed by atoms with Gasteiger partial charge >= 0.3 is 12.3 Å². The summed E-state index contributed by atoms with van der Waals surface area (Å²) >= 11 is 0. The first kappa shape index (κ1) is 28.3. The Hall–Kier alpha value is -3.67. The standard InChI is InChI=1S/C27H30F4N4O4/c28-21-13-19(12-20(14-21)27(29,30)31)17-39-26(38)34-11-9-24(36)35-22(8-4-5-10-32)25(37)33(16-23(34)35)15-18-6-2-1-3-7-18/h1-3,6-7,12-14,22-23H,4-5,8-11,15-17,32H2/t22-,23+/m0/s1. The molecule has 2 aromatic carbocycles. The number of rotatable bonds is 8. The van der Waals surface area contributed by atoms with E-state index in [4.69, 9.17) is 10.5 Å². The van der Waals surface area contributed by atoms with Gasteiger partial charge in [0.2, 0.25) is 11.8 Å². The molecule has 2 aromatic rings. The second kappa shape index (κ2) is 12.0. The number of ether oxygens (including phenoxy) is 1. The summed E-state index contributed by atoms with van der Waals surface area (Å²) in [5.41, 5.74) is 5.15. The lowest BCUT2D eigenvalue weighted by Gasteiger charge is -2.52. The van der Waals surface area contributed by atoms with Crippen molar-refractivity contribution in [1.29, 1.82) is 0 Å². The average Bonchev–Trinajstić information content (AvgIpc) is 2.89. The summed E-state index contributed by atoms with van der Waals surface area (Å²) in [5.74, 6) is -1.60. The van der Waals surface area contributed by atoms with Crippen molar-refractivity contribution in [3.63, 3.8) is 0 Å². The Morgan fingerprint density at radius 2 is 1.79 bits per heavy atom. The quantitative estimate of drug-likeness (QED) is 0.398. The lowest BCUT2D eigenvalue weighted by Crippen LogP contribution is -2.71. The van der Waals surface area contributed by atoms with Gasteiger partial charge in [0, 0.05) is 19.5 Å². The van der Waals surface area contributed by atoms with Crippen molar-refractivity contribution in [2.45, 2.75) is 57.2 Å². The average molecular weight is 551 g/mol. The zero-order chi connectivity index (χ0) is 28.2. The van der Waals surface area contributed by atoms with E-state index >= 15 is 0 Å². The third kappa shape index (κ3) is 6.67. The van der Waals surface area contributed by atoms with Gasteiger partial charge in [0.25, 0.3) is 0 Å². The Kier molecular flexibility index (Phi) is 8.73. The maximum atomic E-state index is 13.8. The molecule has 3 amide bonds. The van der Waals surface area contributed by atoms with Crippen molar-refractivity contribution in [2.24, 2.45) is 5.73 Å². The van der Waals surface area contributed by atoms with Crippen LogP contribution in [0.5, 0.6) is 0 Å². The molecule has 0 spiro atoms. The van der Waals surface area contributed by atoms with E-state index in [1.807, 2.05) is 30.3 Å². The van der Waals surface area contributed by atoms with Crippen molar-refractivity contribution >= 4 is 17.9 Å². The van der Waals surface area contributed by atoms with Crippen LogP contribution in [0.3, 0.4) is 0 Å². The number of halogens is 4. The zero-order valence-electron chi connectivity index (χ0n) is 21.2. The van der Waals surface area contributed by atoms with Crippen molar-refractivity contribution in [2.75, 3.05) is 19.6 Å². The molecule has 0 aromatic heterocycles. The first-order chi connectivity index (χ1) is 18.6. The first-order valence-corrected chi connectivity index (χ1v) is 12.7. The fraction of sp³-hybridized carbons (Fsp3) is 0.444. The molecule has 0 unspecified atom stereocenters. The molecule has 2 atom stereocenters. The molecule has 39 heavy (non-hydrogen) atoms. The number of hydrogen-bond donors (Lipinski definition) is 1. The predicted octanol–water partition coefficient (Wildman–Crippen LogP) is 3.88. The predicted molar refractivity (Wildman–Crippen MR) is 132 cm³/mol. The Morgan fingerprint density at radius 1 is 1.05 bits per heavy atom. The van der Waals surface area contributed by atoms with Crippen LogP contribution in [-0.2, 0) is 33.7 Å². The van der Waals surface area contributed by atoms with Gasteiger partial charge in [0.05, 0.1) is 12.1 Å². The summed E-state index contributed by atoms with van der Waals surface area (Å²) < 4.78 is 58.3. The van der Waals surface area contributed by atoms with E-state index in [0.29, 0.717) is 31.9 Å². The Morgan fingerprint density at radius 3 is 2.49 bits per heavy atom. The molecule has 2 fully saturated rings. The van der Waals surface area contributed by atoms with Gasteiger partial charge in [-0.2, -0.15) is 13.2 Å². The van der Waals surface area contributed by atoms with Crippen molar-refractivity contribution in [1.82, 2.24) is 14.7 Å². The molecule has 2 saturated heterocycles. The van der Waals surface area contributed by atoms with Crippen molar-refractivity contribution < 1.29 is 36.7 Å². The summed E-state index contributed by atoms with van der Waals surface area (Å²) in [6.45, 7) is 0.167. The molecule has 0 bridgehead atoms. The molecule has 2 aliphatic heterocycles. The van der Waals surface area contributed by atoms with E-state index in [1.54, 1.807) is 4.90 Å². The van der Waals surface area contributed by atoms with Crippen LogP contribution in [0.25, 0.3) is 0 Å². The van der Waals surface area contributed by atoms with E-state index in [2.05, 4.69) is 0 Å². The molecular formula is C27H30F4N4O4. The number of piperazine rings is 1. The highest BCUT2D eigenvalue weighted by Crippen LogP contribution is 2.32. The van der Waals surface area contributed by atoms with Gasteiger partial charge in [0.1, 0.15) is 24.6 Å².